The van der Waals surface area contributed by atoms with Crippen molar-refractivity contribution >= 4 is 11.8 Å². The van der Waals surface area contributed by atoms with Crippen LogP contribution in [0.25, 0.3) is 0 Å². The fourth-order valence-electron chi connectivity index (χ4n) is 2.79. The van der Waals surface area contributed by atoms with Crippen LogP contribution in [0.1, 0.15) is 19.4 Å². The molecular formula is C17H22O5. The van der Waals surface area contributed by atoms with Crippen molar-refractivity contribution in [2.75, 3.05) is 20.8 Å². The highest BCUT2D eigenvalue weighted by atomic mass is 16.5. The summed E-state index contributed by atoms with van der Waals surface area (Å²) in [6.07, 6.45) is 0.184. The van der Waals surface area contributed by atoms with Gasteiger partial charge in [0.15, 0.2) is 17.3 Å². The number of methoxy groups -OCH3 is 2. The van der Waals surface area contributed by atoms with Crippen LogP contribution in [-0.2, 0) is 20.7 Å². The van der Waals surface area contributed by atoms with Crippen molar-refractivity contribution in [1.82, 2.24) is 0 Å². The first-order chi connectivity index (χ1) is 10.5. The molecule has 0 radical (unpaired) electrons. The van der Waals surface area contributed by atoms with Crippen LogP contribution in [-0.4, -0.2) is 32.6 Å². The quantitative estimate of drug-likeness (QED) is 0.596. The molecule has 120 valence electrons. The van der Waals surface area contributed by atoms with Gasteiger partial charge in [0.25, 0.3) is 0 Å². The number of hydrogen-bond donors (Lipinski definition) is 0. The molecule has 0 N–H and O–H groups in total. The van der Waals surface area contributed by atoms with E-state index in [-0.39, 0.29) is 24.0 Å². The summed E-state index contributed by atoms with van der Waals surface area (Å²) in [6.45, 7) is 4.34. The van der Waals surface area contributed by atoms with Gasteiger partial charge in [0, 0.05) is 12.3 Å². The largest absolute Gasteiger partial charge is 0.493 e. The van der Waals surface area contributed by atoms with E-state index >= 15 is 0 Å². The maximum atomic E-state index is 12.5. The lowest BCUT2D eigenvalue weighted by molar-refractivity contribution is -0.144. The minimum absolute atomic E-state index is 0.0415. The van der Waals surface area contributed by atoms with Gasteiger partial charge in [0.05, 0.1) is 20.8 Å². The van der Waals surface area contributed by atoms with E-state index in [4.69, 9.17) is 14.2 Å². The summed E-state index contributed by atoms with van der Waals surface area (Å²) in [4.78, 5) is 24.4. The molecule has 1 unspecified atom stereocenters. The van der Waals surface area contributed by atoms with Crippen molar-refractivity contribution in [1.29, 1.82) is 0 Å². The van der Waals surface area contributed by atoms with Crippen LogP contribution in [0.15, 0.2) is 18.2 Å². The SMILES string of the molecule is COc1ccc(CC(=O)C2C(=O)OC[C@H]2C(C)C)cc1OC. The molecule has 0 spiro atoms. The summed E-state index contributed by atoms with van der Waals surface area (Å²) >= 11 is 0. The van der Waals surface area contributed by atoms with Crippen LogP contribution < -0.4 is 9.47 Å². The number of ether oxygens (including phenoxy) is 3. The first-order valence-corrected chi connectivity index (χ1v) is 7.38. The summed E-state index contributed by atoms with van der Waals surface area (Å²) in [7, 11) is 3.11. The highest BCUT2D eigenvalue weighted by Gasteiger charge is 2.43. The van der Waals surface area contributed by atoms with Gasteiger partial charge < -0.3 is 14.2 Å². The lowest BCUT2D eigenvalue weighted by atomic mass is 9.81. The maximum Gasteiger partial charge on any atom is 0.316 e. The number of carbonyl (C=O) groups is 2. The average molecular weight is 306 g/mol. The molecular weight excluding hydrogens is 284 g/mol. The molecule has 1 aliphatic rings. The van der Waals surface area contributed by atoms with E-state index in [1.807, 2.05) is 19.9 Å². The molecule has 1 fully saturated rings. The molecule has 0 aliphatic carbocycles. The Balaban J connectivity index is 2.16. The van der Waals surface area contributed by atoms with Crippen molar-refractivity contribution in [3.05, 3.63) is 23.8 Å². The minimum Gasteiger partial charge on any atom is -0.493 e. The third-order valence-corrected chi connectivity index (χ3v) is 4.13. The highest BCUT2D eigenvalue weighted by molar-refractivity contribution is 6.01. The van der Waals surface area contributed by atoms with Crippen LogP contribution in [0.4, 0.5) is 0 Å². The first-order valence-electron chi connectivity index (χ1n) is 7.38. The molecule has 1 heterocycles. The number of esters is 1. The predicted octanol–water partition coefficient (Wildman–Crippen LogP) is 2.26. The zero-order valence-corrected chi connectivity index (χ0v) is 13.4. The number of rotatable bonds is 6. The van der Waals surface area contributed by atoms with Crippen molar-refractivity contribution in [2.24, 2.45) is 17.8 Å². The van der Waals surface area contributed by atoms with Crippen LogP contribution in [0.3, 0.4) is 0 Å². The number of Topliss-reactive ketones (excluding diaryl/α,β-unsaturated/α-hetero) is 1. The molecule has 1 aliphatic heterocycles. The van der Waals surface area contributed by atoms with Gasteiger partial charge in [0.1, 0.15) is 5.92 Å². The Bertz CT molecular complexity index is 564. The maximum absolute atomic E-state index is 12.5. The monoisotopic (exact) mass is 306 g/mol. The fourth-order valence-corrected chi connectivity index (χ4v) is 2.79. The standard InChI is InChI=1S/C17H22O5/c1-10(2)12-9-22-17(19)16(12)13(18)7-11-5-6-14(20-3)15(8-11)21-4/h5-6,8,10,12,16H,7,9H2,1-4H3/t12-,16?/m0/s1. The third kappa shape index (κ3) is 3.24. The van der Waals surface area contributed by atoms with E-state index in [9.17, 15) is 9.59 Å². The highest BCUT2D eigenvalue weighted by Crippen LogP contribution is 2.32. The molecule has 0 aromatic heterocycles. The zero-order chi connectivity index (χ0) is 16.3. The summed E-state index contributed by atoms with van der Waals surface area (Å²) in [6, 6.07) is 5.33. The lowest BCUT2D eigenvalue weighted by Crippen LogP contribution is -2.30. The van der Waals surface area contributed by atoms with Crippen molar-refractivity contribution in [3.63, 3.8) is 0 Å². The Morgan fingerprint density at radius 1 is 1.27 bits per heavy atom. The molecule has 1 aromatic rings. The predicted molar refractivity (Wildman–Crippen MR) is 81.0 cm³/mol. The Kier molecular flexibility index (Phi) is 5.06. The molecule has 0 saturated carbocycles. The zero-order valence-electron chi connectivity index (χ0n) is 13.4. The second-order valence-corrected chi connectivity index (χ2v) is 5.85. The van der Waals surface area contributed by atoms with Crippen LogP contribution >= 0.6 is 0 Å². The molecule has 1 saturated heterocycles. The Morgan fingerprint density at radius 2 is 1.95 bits per heavy atom. The molecule has 1 aromatic carbocycles. The van der Waals surface area contributed by atoms with E-state index in [0.717, 1.165) is 5.56 Å². The van der Waals surface area contributed by atoms with E-state index in [0.29, 0.717) is 18.1 Å². The second kappa shape index (κ2) is 6.81. The van der Waals surface area contributed by atoms with E-state index in [2.05, 4.69) is 0 Å². The van der Waals surface area contributed by atoms with Gasteiger partial charge in [-0.2, -0.15) is 0 Å². The summed E-state index contributed by atoms with van der Waals surface area (Å²) in [5.74, 6) is 0.206. The van der Waals surface area contributed by atoms with Gasteiger partial charge in [-0.1, -0.05) is 19.9 Å². The van der Waals surface area contributed by atoms with Gasteiger partial charge in [-0.05, 0) is 23.6 Å². The smallest absolute Gasteiger partial charge is 0.316 e. The summed E-state index contributed by atoms with van der Waals surface area (Å²) < 4.78 is 15.5. The Hall–Kier alpha value is -2.04. The number of carbonyl (C=O) groups excluding carboxylic acids is 2. The van der Waals surface area contributed by atoms with Gasteiger partial charge in [-0.25, -0.2) is 0 Å². The first kappa shape index (κ1) is 16.3. The fraction of sp³-hybridized carbons (Fsp3) is 0.529. The van der Waals surface area contributed by atoms with Gasteiger partial charge in [0.2, 0.25) is 0 Å². The molecule has 5 heteroatoms. The number of cyclic esters (lactones) is 1. The average Bonchev–Trinajstić information content (AvgIpc) is 2.89. The number of benzene rings is 1. The molecule has 22 heavy (non-hydrogen) atoms. The third-order valence-electron chi connectivity index (χ3n) is 4.13. The number of hydrogen-bond acceptors (Lipinski definition) is 5. The van der Waals surface area contributed by atoms with E-state index < -0.39 is 11.9 Å². The topological polar surface area (TPSA) is 61.8 Å². The Labute approximate surface area is 130 Å². The molecule has 5 nitrogen and oxygen atoms in total. The second-order valence-electron chi connectivity index (χ2n) is 5.85. The molecule has 2 atom stereocenters. The van der Waals surface area contributed by atoms with E-state index in [1.165, 1.54) is 0 Å². The lowest BCUT2D eigenvalue weighted by Gasteiger charge is -2.17. The van der Waals surface area contributed by atoms with Crippen LogP contribution in [0, 0.1) is 17.8 Å². The van der Waals surface area contributed by atoms with Gasteiger partial charge in [-0.3, -0.25) is 9.59 Å². The molecule has 0 amide bonds. The van der Waals surface area contributed by atoms with Crippen molar-refractivity contribution in [3.8, 4) is 11.5 Å². The van der Waals surface area contributed by atoms with Crippen molar-refractivity contribution < 1.29 is 23.8 Å². The number of ketones is 1. The van der Waals surface area contributed by atoms with Crippen LogP contribution in [0.2, 0.25) is 0 Å². The summed E-state index contributed by atoms with van der Waals surface area (Å²) in [5, 5.41) is 0. The van der Waals surface area contributed by atoms with Gasteiger partial charge in [-0.15, -0.1) is 0 Å². The Morgan fingerprint density at radius 3 is 2.55 bits per heavy atom. The van der Waals surface area contributed by atoms with Gasteiger partial charge >= 0.3 is 5.97 Å². The van der Waals surface area contributed by atoms with E-state index in [1.54, 1.807) is 26.4 Å². The summed E-state index contributed by atoms with van der Waals surface area (Å²) in [5.41, 5.74) is 0.796. The minimum atomic E-state index is -0.659. The molecule has 2 rings (SSSR count). The normalized spacial score (nSPS) is 20.9. The van der Waals surface area contributed by atoms with Crippen LogP contribution in [0.5, 0.6) is 11.5 Å². The molecule has 0 bridgehead atoms. The van der Waals surface area contributed by atoms with Crippen molar-refractivity contribution in [2.45, 2.75) is 20.3 Å².